The molecule has 0 aliphatic carbocycles. The van der Waals surface area contributed by atoms with E-state index in [1.807, 2.05) is 78.9 Å². The van der Waals surface area contributed by atoms with Crippen LogP contribution in [0.5, 0.6) is 0 Å². The predicted octanol–water partition coefficient (Wildman–Crippen LogP) is 11.1. The van der Waals surface area contributed by atoms with E-state index >= 15 is 0 Å². The Morgan fingerprint density at radius 3 is 1.35 bits per heavy atom. The molecule has 3 saturated heterocycles. The average Bonchev–Trinajstić information content (AvgIpc) is 1.68. The van der Waals surface area contributed by atoms with E-state index in [9.17, 15) is 46.8 Å². The van der Waals surface area contributed by atoms with Gasteiger partial charge in [-0.15, -0.1) is 5.06 Å². The Morgan fingerprint density at radius 2 is 0.937 bits per heavy atom. The number of imide groups is 1. The van der Waals surface area contributed by atoms with E-state index in [0.717, 1.165) is 97.7 Å². The van der Waals surface area contributed by atoms with E-state index < -0.39 is 39.6 Å². The Kier molecular flexibility index (Phi) is 22.7. The van der Waals surface area contributed by atoms with Crippen molar-refractivity contribution < 1.29 is 56.2 Å². The first-order chi connectivity index (χ1) is 45.6. The molecule has 496 valence electrons. The van der Waals surface area contributed by atoms with Crippen molar-refractivity contribution in [3.63, 3.8) is 0 Å². The second-order valence-electron chi connectivity index (χ2n) is 24.3. The molecule has 3 fully saturated rings. The Hall–Kier alpha value is -8.77. The number of hydroxylamine groups is 2. The minimum atomic E-state index is -4.84. The number of likely N-dealkylation sites (N-methyl/N-ethyl adjacent to an activating group) is 2. The smallest absolute Gasteiger partial charge is 0.353 e. The Labute approximate surface area is 562 Å². The number of rotatable bonds is 20. The number of aliphatic imine (C=N–C) groups is 2. The van der Waals surface area contributed by atoms with Crippen LogP contribution in [0.15, 0.2) is 143 Å². The van der Waals surface area contributed by atoms with Crippen molar-refractivity contribution in [2.45, 2.75) is 95.6 Å². The molecule has 1 N–H and O–H groups in total. The van der Waals surface area contributed by atoms with Gasteiger partial charge >= 0.3 is 5.97 Å². The number of amides is 4. The molecule has 4 amide bonds. The summed E-state index contributed by atoms with van der Waals surface area (Å²) in [5.74, 6) is -1.73. The van der Waals surface area contributed by atoms with Gasteiger partial charge in [-0.2, -0.15) is 8.42 Å². The molecule has 0 bridgehead atoms. The maximum atomic E-state index is 13.9. The van der Waals surface area contributed by atoms with Crippen molar-refractivity contribution in [1.82, 2.24) is 24.7 Å². The maximum Gasteiger partial charge on any atom is 0.363 e. The van der Waals surface area contributed by atoms with Gasteiger partial charge < -0.3 is 24.4 Å². The molecule has 0 aromatic heterocycles. The number of ketones is 3. The average molecular weight is 1350 g/mol. The Bertz CT molecular complexity index is 4090. The molecule has 11 rings (SSSR count). The fourth-order valence-corrected chi connectivity index (χ4v) is 13.0. The first-order valence-electron chi connectivity index (χ1n) is 31.9. The van der Waals surface area contributed by atoms with Crippen LogP contribution >= 0.6 is 23.2 Å². The van der Waals surface area contributed by atoms with Gasteiger partial charge in [-0.05, 0) is 143 Å². The highest BCUT2D eigenvalue weighted by Gasteiger charge is 2.48. The van der Waals surface area contributed by atoms with E-state index in [2.05, 4.69) is 33.7 Å². The normalized spacial score (nSPS) is 16.4. The zero-order valence-electron chi connectivity index (χ0n) is 53.3. The van der Waals surface area contributed by atoms with E-state index in [0.29, 0.717) is 103 Å². The molecule has 5 aliphatic heterocycles. The number of hydrogen-bond acceptors (Lipinski definition) is 17. The number of fused-ring (bicyclic) bond motifs is 4. The molecule has 6 aromatic carbocycles. The minimum Gasteiger partial charge on any atom is -0.353 e. The largest absolute Gasteiger partial charge is 0.363 e. The van der Waals surface area contributed by atoms with Crippen molar-refractivity contribution >= 4 is 126 Å². The van der Waals surface area contributed by atoms with Gasteiger partial charge in [0, 0.05) is 118 Å². The zero-order valence-corrected chi connectivity index (χ0v) is 55.6. The van der Waals surface area contributed by atoms with Gasteiger partial charge in [0.15, 0.2) is 11.0 Å². The molecule has 95 heavy (non-hydrogen) atoms. The van der Waals surface area contributed by atoms with Crippen LogP contribution in [0.1, 0.15) is 121 Å². The number of benzene rings is 6. The standard InChI is InChI=1S/C37H38ClN5O9S.C34H37ClN4O3/c1-40-18-20-41(21-19-40)35-28-7-3-4-8-30(28)42(31-17-15-26(38)22-29(31)39-35)33(45)9-5-2-6-27(44)16-12-24-10-13-25(14-11-24)37(48)52-43-34(46)23-32(36(43)47)53(49,50)51;1-24(40)26-14-11-25(12-15-26)13-17-28(41)7-3-6-10-33(42)39-31-9-5-4-8-29(31)34(38-21-19-37(2)20-22-38)36-30-23-27(35)16-18-32(30)39/h3-4,7-8,10-11,13-15,17,22,32H,2,5-6,9,12,16,18-21,23H2,1H3,(H,49,50,51);4-5,8-9,11-12,14-16,18,23H,3,6-7,10,13,17,19-22H2,1-2H3. The molecule has 5 heterocycles. The summed E-state index contributed by atoms with van der Waals surface area (Å²) in [6.07, 6.45) is 4.47. The molecular formula is C71H75Cl2N9O12S. The molecule has 1 atom stereocenters. The second kappa shape index (κ2) is 31.2. The van der Waals surface area contributed by atoms with Crippen LogP contribution in [0.25, 0.3) is 0 Å². The topological polar surface area (TPSA) is 248 Å². The van der Waals surface area contributed by atoms with Gasteiger partial charge in [0.2, 0.25) is 11.8 Å². The summed E-state index contributed by atoms with van der Waals surface area (Å²) in [5.41, 5.74) is 8.45. The zero-order chi connectivity index (χ0) is 67.5. The lowest BCUT2D eigenvalue weighted by Crippen LogP contribution is -2.47. The van der Waals surface area contributed by atoms with Crippen LogP contribution in [0.2, 0.25) is 10.0 Å². The lowest BCUT2D eigenvalue weighted by atomic mass is 10.0. The third-order valence-electron chi connectivity index (χ3n) is 17.4. The van der Waals surface area contributed by atoms with Gasteiger partial charge in [0.1, 0.15) is 23.2 Å². The molecule has 0 spiro atoms. The summed E-state index contributed by atoms with van der Waals surface area (Å²) < 4.78 is 31.8. The van der Waals surface area contributed by atoms with Gasteiger partial charge in [0.25, 0.3) is 21.9 Å². The first kappa shape index (κ1) is 69.1. The molecule has 21 nitrogen and oxygen atoms in total. The number of carbonyl (C=O) groups excluding carboxylic acids is 8. The third-order valence-corrected chi connectivity index (χ3v) is 19.0. The quantitative estimate of drug-likeness (QED) is 0.0323. The summed E-state index contributed by atoms with van der Waals surface area (Å²) in [5, 5.41) is -0.884. The number of aryl methyl sites for hydroxylation is 2. The molecule has 1 unspecified atom stereocenters. The second-order valence-corrected chi connectivity index (χ2v) is 26.7. The molecule has 5 aliphatic rings. The monoisotopic (exact) mass is 1350 g/mol. The number of nitrogens with zero attached hydrogens (tertiary/aromatic N) is 9. The van der Waals surface area contributed by atoms with E-state index in [4.69, 9.17) is 42.6 Å². The molecule has 0 radical (unpaired) electrons. The molecular weight excluding hydrogens is 1270 g/mol. The van der Waals surface area contributed by atoms with Crippen LogP contribution < -0.4 is 9.80 Å². The predicted molar refractivity (Wildman–Crippen MR) is 364 cm³/mol. The van der Waals surface area contributed by atoms with E-state index in [-0.39, 0.29) is 52.6 Å². The van der Waals surface area contributed by atoms with E-state index in [1.54, 1.807) is 59.2 Å². The van der Waals surface area contributed by atoms with Crippen LogP contribution in [-0.2, 0) is 56.6 Å². The number of Topliss-reactive ketones (excluding diaryl/α,β-unsaturated/α-hetero) is 3. The summed E-state index contributed by atoms with van der Waals surface area (Å²) in [4.78, 5) is 129. The summed E-state index contributed by atoms with van der Waals surface area (Å²) in [7, 11) is -0.624. The van der Waals surface area contributed by atoms with Crippen LogP contribution in [-0.4, -0.2) is 168 Å². The number of amidine groups is 2. The van der Waals surface area contributed by atoms with Crippen LogP contribution in [0.3, 0.4) is 0 Å². The van der Waals surface area contributed by atoms with Crippen molar-refractivity contribution in [3.05, 3.63) is 177 Å². The van der Waals surface area contributed by atoms with Gasteiger partial charge in [0.05, 0.1) is 46.1 Å². The van der Waals surface area contributed by atoms with E-state index in [1.165, 1.54) is 12.1 Å². The van der Waals surface area contributed by atoms with Crippen molar-refractivity contribution in [3.8, 4) is 0 Å². The highest BCUT2D eigenvalue weighted by atomic mass is 35.5. The fraction of sp³-hybridized carbons (Fsp3) is 0.352. The number of piperazine rings is 2. The van der Waals surface area contributed by atoms with Crippen LogP contribution in [0.4, 0.5) is 34.1 Å². The molecule has 0 saturated carbocycles. The minimum absolute atomic E-state index is 0.0134. The molecule has 24 heteroatoms. The SMILES string of the molecule is CC(=O)c1ccc(CCC(=O)CCCCC(=O)N2c3ccc(Cl)cc3N=C(N3CCN(C)CC3)c3ccccc32)cc1.CN1CCN(C2=Nc3cc(Cl)ccc3N(C(=O)CCCCC(=O)CCc3ccc(C(=O)ON4C(=O)CC(S(=O)(=O)O)C4=O)cc3)c3ccccc32)CC1. The number of anilines is 4. The number of para-hydroxylation sites is 2. The summed E-state index contributed by atoms with van der Waals surface area (Å²) in [6.45, 7) is 8.53. The highest BCUT2D eigenvalue weighted by Crippen LogP contribution is 2.44. The van der Waals surface area contributed by atoms with Gasteiger partial charge in [-0.25, -0.2) is 14.8 Å². The van der Waals surface area contributed by atoms with Gasteiger partial charge in [-0.1, -0.05) is 83.9 Å². The fourth-order valence-electron chi connectivity index (χ4n) is 11.9. The number of halogens is 2. The van der Waals surface area contributed by atoms with Gasteiger partial charge in [-0.3, -0.25) is 47.9 Å². The highest BCUT2D eigenvalue weighted by molar-refractivity contribution is 7.87. The summed E-state index contributed by atoms with van der Waals surface area (Å²) >= 11 is 12.8. The maximum absolute atomic E-state index is 13.9. The first-order valence-corrected chi connectivity index (χ1v) is 34.1. The Balaban J connectivity index is 0.000000213. The lowest BCUT2D eigenvalue weighted by Gasteiger charge is -2.35. The number of hydrogen-bond donors (Lipinski definition) is 1. The lowest BCUT2D eigenvalue weighted by molar-refractivity contribution is -0.172. The molecule has 6 aromatic rings. The van der Waals surface area contributed by atoms with Crippen molar-refractivity contribution in [2.75, 3.05) is 76.3 Å². The van der Waals surface area contributed by atoms with Crippen LogP contribution in [0, 0.1) is 0 Å². The third kappa shape index (κ3) is 17.2. The number of carbonyl (C=O) groups is 8. The number of unbranched alkanes of at least 4 members (excludes halogenated alkanes) is 2. The van der Waals surface area contributed by atoms with Crippen molar-refractivity contribution in [2.24, 2.45) is 9.98 Å². The van der Waals surface area contributed by atoms with Crippen molar-refractivity contribution in [1.29, 1.82) is 0 Å². The Morgan fingerprint density at radius 1 is 0.526 bits per heavy atom. The summed E-state index contributed by atoms with van der Waals surface area (Å²) in [6, 6.07) is 40.0.